The van der Waals surface area contributed by atoms with Gasteiger partial charge in [-0.25, -0.2) is 27.3 Å². The van der Waals surface area contributed by atoms with Crippen molar-refractivity contribution >= 4 is 16.0 Å². The van der Waals surface area contributed by atoms with Crippen molar-refractivity contribution < 1.29 is 27.1 Å². The van der Waals surface area contributed by atoms with E-state index in [0.717, 1.165) is 0 Å². The van der Waals surface area contributed by atoms with Crippen LogP contribution in [0.1, 0.15) is 21.5 Å². The highest BCUT2D eigenvalue weighted by atomic mass is 32.2. The maximum Gasteiger partial charge on any atom is 0.337 e. The number of methoxy groups -OCH3 is 1. The number of hydrogen-bond donors (Lipinski definition) is 1. The summed E-state index contributed by atoms with van der Waals surface area (Å²) < 4.78 is 51.0. The lowest BCUT2D eigenvalue weighted by Crippen LogP contribution is -2.24. The summed E-state index contributed by atoms with van der Waals surface area (Å²) in [7, 11) is -2.55. The summed E-state index contributed by atoms with van der Waals surface area (Å²) in [4.78, 5) is 15.7. The van der Waals surface area contributed by atoms with Gasteiger partial charge >= 0.3 is 5.97 Å². The van der Waals surface area contributed by atoms with Gasteiger partial charge in [-0.1, -0.05) is 12.1 Å². The second-order valence-electron chi connectivity index (χ2n) is 6.36. The molecule has 3 rings (SSSR count). The van der Waals surface area contributed by atoms with Crippen molar-refractivity contribution in [3.8, 4) is 11.6 Å². The molecule has 2 aromatic carbocycles. The molecule has 30 heavy (non-hydrogen) atoms. The molecule has 3 aromatic rings. The number of sulfonamides is 1. The van der Waals surface area contributed by atoms with E-state index >= 15 is 0 Å². The van der Waals surface area contributed by atoms with E-state index < -0.39 is 21.8 Å². The number of hydrogen-bond acceptors (Lipinski definition) is 6. The van der Waals surface area contributed by atoms with E-state index in [1.54, 1.807) is 25.1 Å². The third-order valence-electron chi connectivity index (χ3n) is 4.17. The molecule has 0 radical (unpaired) electrons. The molecule has 1 N–H and O–H groups in total. The monoisotopic (exact) mass is 430 g/mol. The lowest BCUT2D eigenvalue weighted by molar-refractivity contribution is 0.0600. The zero-order valence-electron chi connectivity index (χ0n) is 16.3. The molecule has 0 unspecified atom stereocenters. The van der Waals surface area contributed by atoms with Crippen molar-refractivity contribution in [3.05, 3.63) is 83.3 Å². The zero-order chi connectivity index (χ0) is 21.7. The van der Waals surface area contributed by atoms with Gasteiger partial charge in [0.2, 0.25) is 15.9 Å². The van der Waals surface area contributed by atoms with Crippen molar-refractivity contribution in [2.24, 2.45) is 0 Å². The van der Waals surface area contributed by atoms with Gasteiger partial charge in [-0.15, -0.1) is 0 Å². The first kappa shape index (κ1) is 21.4. The molecule has 0 bridgehead atoms. The maximum absolute atomic E-state index is 13.2. The number of rotatable bonds is 7. The van der Waals surface area contributed by atoms with Crippen molar-refractivity contribution in [3.63, 3.8) is 0 Å². The molecule has 1 heterocycles. The highest BCUT2D eigenvalue weighted by Gasteiger charge is 2.18. The van der Waals surface area contributed by atoms with Crippen LogP contribution in [0, 0.1) is 12.7 Å². The van der Waals surface area contributed by atoms with Gasteiger partial charge < -0.3 is 9.47 Å². The van der Waals surface area contributed by atoms with Gasteiger partial charge in [0, 0.05) is 24.9 Å². The zero-order valence-corrected chi connectivity index (χ0v) is 17.1. The first-order valence-electron chi connectivity index (χ1n) is 8.85. The summed E-state index contributed by atoms with van der Waals surface area (Å²) in [6.07, 6.45) is 1.46. The summed E-state index contributed by atoms with van der Waals surface area (Å²) in [5.74, 6) is -0.404. The Morgan fingerprint density at radius 1 is 1.13 bits per heavy atom. The van der Waals surface area contributed by atoms with Crippen LogP contribution in [0.4, 0.5) is 4.39 Å². The molecule has 0 spiro atoms. The van der Waals surface area contributed by atoms with Gasteiger partial charge in [-0.3, -0.25) is 0 Å². The quantitative estimate of drug-likeness (QED) is 0.576. The minimum absolute atomic E-state index is 0.00771. The van der Waals surface area contributed by atoms with E-state index in [1.807, 2.05) is 0 Å². The Hall–Kier alpha value is -3.30. The largest absolute Gasteiger partial charge is 0.465 e. The first-order valence-corrected chi connectivity index (χ1v) is 10.3. The number of benzene rings is 2. The molecular formula is C21H19FN2O5S. The van der Waals surface area contributed by atoms with Crippen LogP contribution in [-0.4, -0.2) is 26.5 Å². The van der Waals surface area contributed by atoms with E-state index in [0.29, 0.717) is 16.9 Å². The average molecular weight is 430 g/mol. The van der Waals surface area contributed by atoms with Crippen molar-refractivity contribution in [1.82, 2.24) is 9.71 Å². The van der Waals surface area contributed by atoms with Gasteiger partial charge in [-0.2, -0.15) is 0 Å². The third-order valence-corrected chi connectivity index (χ3v) is 5.73. The van der Waals surface area contributed by atoms with Gasteiger partial charge in [0.05, 0.1) is 17.6 Å². The topological polar surface area (TPSA) is 94.6 Å². The Labute approximate surface area is 173 Å². The van der Waals surface area contributed by atoms with Crippen molar-refractivity contribution in [1.29, 1.82) is 0 Å². The summed E-state index contributed by atoms with van der Waals surface area (Å²) in [5, 5.41) is 0. The smallest absolute Gasteiger partial charge is 0.337 e. The molecular weight excluding hydrogens is 411 g/mol. The summed E-state index contributed by atoms with van der Waals surface area (Å²) in [5.41, 5.74) is 1.29. The molecule has 0 aliphatic heterocycles. The number of aryl methyl sites for hydroxylation is 1. The van der Waals surface area contributed by atoms with E-state index in [9.17, 15) is 17.6 Å². The number of halogens is 1. The van der Waals surface area contributed by atoms with Crippen molar-refractivity contribution in [2.45, 2.75) is 18.4 Å². The van der Waals surface area contributed by atoms with E-state index in [1.165, 1.54) is 49.7 Å². The minimum atomic E-state index is -3.80. The fourth-order valence-electron chi connectivity index (χ4n) is 2.68. The van der Waals surface area contributed by atoms with E-state index in [-0.39, 0.29) is 22.9 Å². The number of carbonyl (C=O) groups is 1. The number of nitrogens with one attached hydrogen (secondary N) is 1. The fraction of sp³-hybridized carbons (Fsp3) is 0.143. The Balaban J connectivity index is 1.66. The number of aromatic nitrogens is 1. The second-order valence-corrected chi connectivity index (χ2v) is 8.10. The van der Waals surface area contributed by atoms with Gasteiger partial charge in [-0.05, 0) is 48.4 Å². The van der Waals surface area contributed by atoms with E-state index in [2.05, 4.69) is 14.4 Å². The number of nitrogens with zero attached hydrogens (tertiary/aromatic N) is 1. The average Bonchev–Trinajstić information content (AvgIpc) is 2.72. The van der Waals surface area contributed by atoms with Crippen LogP contribution < -0.4 is 9.46 Å². The van der Waals surface area contributed by atoms with Crippen LogP contribution >= 0.6 is 0 Å². The van der Waals surface area contributed by atoms with Crippen LogP contribution in [0.15, 0.2) is 65.7 Å². The van der Waals surface area contributed by atoms with Crippen LogP contribution in [0.2, 0.25) is 0 Å². The Morgan fingerprint density at radius 3 is 2.57 bits per heavy atom. The van der Waals surface area contributed by atoms with Gasteiger partial charge in [0.1, 0.15) is 11.6 Å². The highest BCUT2D eigenvalue weighted by molar-refractivity contribution is 7.89. The number of carbonyl (C=O) groups excluding carboxylic acids is 1. The van der Waals surface area contributed by atoms with Crippen LogP contribution in [-0.2, 0) is 21.3 Å². The lowest BCUT2D eigenvalue weighted by Gasteiger charge is -2.11. The second kappa shape index (κ2) is 9.02. The van der Waals surface area contributed by atoms with Crippen LogP contribution in [0.5, 0.6) is 11.6 Å². The summed E-state index contributed by atoms with van der Waals surface area (Å²) >= 11 is 0. The van der Waals surface area contributed by atoms with Crippen molar-refractivity contribution in [2.75, 3.05) is 7.11 Å². The molecule has 0 aliphatic carbocycles. The lowest BCUT2D eigenvalue weighted by atomic mass is 10.1. The van der Waals surface area contributed by atoms with E-state index in [4.69, 9.17) is 4.74 Å². The number of pyridine rings is 1. The Kier molecular flexibility index (Phi) is 6.43. The SMILES string of the molecule is COC(=O)c1ccc(S(=O)(=O)NCc2ccc(Oc3cccc(F)c3)nc2)c(C)c1. The Morgan fingerprint density at radius 2 is 1.93 bits per heavy atom. The number of ether oxygens (including phenoxy) is 2. The third kappa shape index (κ3) is 5.19. The summed E-state index contributed by atoms with van der Waals surface area (Å²) in [6, 6.07) is 13.1. The molecule has 7 nitrogen and oxygen atoms in total. The Bertz CT molecular complexity index is 1160. The predicted molar refractivity (Wildman–Crippen MR) is 107 cm³/mol. The maximum atomic E-state index is 13.2. The number of esters is 1. The predicted octanol–water partition coefficient (Wildman–Crippen LogP) is 3.59. The molecule has 0 aliphatic rings. The van der Waals surface area contributed by atoms with Gasteiger partial charge in [0.15, 0.2) is 0 Å². The molecule has 9 heteroatoms. The molecule has 1 aromatic heterocycles. The fourth-order valence-corrected chi connectivity index (χ4v) is 3.92. The standard InChI is InChI=1S/C21H19FN2O5S/c1-14-10-16(21(25)28-2)7-8-19(14)30(26,27)24-13-15-6-9-20(23-12-15)29-18-5-3-4-17(22)11-18/h3-12,24H,13H2,1-2H3. The molecule has 0 saturated heterocycles. The first-order chi connectivity index (χ1) is 14.3. The highest BCUT2D eigenvalue weighted by Crippen LogP contribution is 2.21. The molecule has 0 fully saturated rings. The normalized spacial score (nSPS) is 11.2. The minimum Gasteiger partial charge on any atom is -0.465 e. The summed E-state index contributed by atoms with van der Waals surface area (Å²) in [6.45, 7) is 1.61. The molecule has 0 amide bonds. The molecule has 0 saturated carbocycles. The van der Waals surface area contributed by atoms with Gasteiger partial charge in [0.25, 0.3) is 0 Å². The van der Waals surface area contributed by atoms with Crippen LogP contribution in [0.3, 0.4) is 0 Å². The molecule has 156 valence electrons. The molecule has 0 atom stereocenters. The van der Waals surface area contributed by atoms with Crippen LogP contribution in [0.25, 0.3) is 0 Å².